The molecule has 0 aliphatic carbocycles. The molecule has 1 aromatic heterocycles. The Labute approximate surface area is 120 Å². The number of carbonyl (C=O) groups excluding carboxylic acids is 1. The first-order chi connectivity index (χ1) is 9.76. The lowest BCUT2D eigenvalue weighted by molar-refractivity contribution is 0.102. The minimum atomic E-state index is -0.123. The van der Waals surface area contributed by atoms with Crippen LogP contribution in [0.2, 0.25) is 0 Å². The Morgan fingerprint density at radius 2 is 1.90 bits per heavy atom. The second-order valence-corrected chi connectivity index (χ2v) is 5.61. The van der Waals surface area contributed by atoms with Gasteiger partial charge in [-0.2, -0.15) is 0 Å². The monoisotopic (exact) mass is 283 g/mol. The van der Waals surface area contributed by atoms with E-state index in [-0.39, 0.29) is 12.5 Å². The highest BCUT2D eigenvalue weighted by Crippen LogP contribution is 2.28. The molecule has 0 unspecified atom stereocenters. The molecule has 0 aliphatic rings. The third-order valence-corrected chi connectivity index (χ3v) is 4.12. The van der Waals surface area contributed by atoms with Gasteiger partial charge in [0.15, 0.2) is 0 Å². The molecule has 0 saturated carbocycles. The fourth-order valence-electron chi connectivity index (χ4n) is 2.05. The zero-order valence-corrected chi connectivity index (χ0v) is 11.5. The van der Waals surface area contributed by atoms with E-state index in [1.807, 2.05) is 42.5 Å². The molecule has 2 aromatic carbocycles. The van der Waals surface area contributed by atoms with Crippen LogP contribution in [-0.4, -0.2) is 11.0 Å². The first-order valence-electron chi connectivity index (χ1n) is 6.26. The Balaban J connectivity index is 1.85. The van der Waals surface area contributed by atoms with Gasteiger partial charge in [0.2, 0.25) is 0 Å². The van der Waals surface area contributed by atoms with E-state index >= 15 is 0 Å². The molecular formula is C16H13NO2S. The number of aliphatic hydroxyl groups is 1. The number of anilines is 1. The molecule has 3 aromatic rings. The van der Waals surface area contributed by atoms with Gasteiger partial charge < -0.3 is 10.4 Å². The van der Waals surface area contributed by atoms with E-state index in [0.717, 1.165) is 20.7 Å². The largest absolute Gasteiger partial charge is 0.391 e. The average Bonchev–Trinajstić information content (AvgIpc) is 2.90. The molecule has 20 heavy (non-hydrogen) atoms. The summed E-state index contributed by atoms with van der Waals surface area (Å²) in [5.74, 6) is -0.123. The van der Waals surface area contributed by atoms with Gasteiger partial charge in [-0.05, 0) is 41.8 Å². The highest BCUT2D eigenvalue weighted by molar-refractivity contribution is 7.19. The molecule has 0 radical (unpaired) electrons. The first kappa shape index (κ1) is 12.8. The molecule has 0 saturated heterocycles. The van der Waals surface area contributed by atoms with E-state index < -0.39 is 0 Å². The zero-order valence-electron chi connectivity index (χ0n) is 10.7. The maximum atomic E-state index is 12.1. The Hall–Kier alpha value is -2.17. The number of carbonyl (C=O) groups is 1. The number of amides is 1. The van der Waals surface area contributed by atoms with Gasteiger partial charge in [0.25, 0.3) is 5.91 Å². The van der Waals surface area contributed by atoms with E-state index in [0.29, 0.717) is 5.56 Å². The molecule has 0 spiro atoms. The minimum absolute atomic E-state index is 0.0467. The van der Waals surface area contributed by atoms with Crippen molar-refractivity contribution in [1.29, 1.82) is 0 Å². The molecule has 0 atom stereocenters. The molecule has 1 heterocycles. The molecule has 3 nitrogen and oxygen atoms in total. The molecule has 0 bridgehead atoms. The highest BCUT2D eigenvalue weighted by atomic mass is 32.1. The van der Waals surface area contributed by atoms with Crippen LogP contribution < -0.4 is 5.32 Å². The third kappa shape index (κ3) is 2.57. The van der Waals surface area contributed by atoms with Crippen molar-refractivity contribution >= 4 is 33.0 Å². The molecule has 1 amide bonds. The van der Waals surface area contributed by atoms with E-state index in [1.54, 1.807) is 23.5 Å². The van der Waals surface area contributed by atoms with Crippen LogP contribution in [0.1, 0.15) is 15.2 Å². The quantitative estimate of drug-likeness (QED) is 0.771. The summed E-state index contributed by atoms with van der Waals surface area (Å²) in [4.78, 5) is 13.0. The van der Waals surface area contributed by atoms with Gasteiger partial charge >= 0.3 is 0 Å². The summed E-state index contributed by atoms with van der Waals surface area (Å²) in [6, 6.07) is 16.8. The summed E-state index contributed by atoms with van der Waals surface area (Å²) in [6.07, 6.45) is 0. The molecular weight excluding hydrogens is 270 g/mol. The van der Waals surface area contributed by atoms with Crippen LogP contribution in [-0.2, 0) is 6.61 Å². The first-order valence-corrected chi connectivity index (χ1v) is 7.07. The normalized spacial score (nSPS) is 10.7. The number of hydrogen-bond donors (Lipinski definition) is 2. The topological polar surface area (TPSA) is 49.3 Å². The van der Waals surface area contributed by atoms with Gasteiger partial charge in [-0.3, -0.25) is 4.79 Å². The van der Waals surface area contributed by atoms with Crippen molar-refractivity contribution in [3.05, 3.63) is 65.0 Å². The van der Waals surface area contributed by atoms with Gasteiger partial charge in [-0.25, -0.2) is 0 Å². The van der Waals surface area contributed by atoms with Crippen molar-refractivity contribution in [3.63, 3.8) is 0 Å². The zero-order chi connectivity index (χ0) is 13.9. The van der Waals surface area contributed by atoms with Crippen LogP contribution in [0.4, 0.5) is 5.69 Å². The Morgan fingerprint density at radius 3 is 2.65 bits per heavy atom. The van der Waals surface area contributed by atoms with Gasteiger partial charge in [0.05, 0.1) is 6.61 Å². The highest BCUT2D eigenvalue weighted by Gasteiger charge is 2.07. The maximum absolute atomic E-state index is 12.1. The lowest BCUT2D eigenvalue weighted by Crippen LogP contribution is -2.11. The van der Waals surface area contributed by atoms with Crippen molar-refractivity contribution in [2.75, 3.05) is 5.32 Å². The van der Waals surface area contributed by atoms with Gasteiger partial charge in [0, 0.05) is 20.8 Å². The van der Waals surface area contributed by atoms with Gasteiger partial charge in [-0.1, -0.05) is 18.2 Å². The second-order valence-electron chi connectivity index (χ2n) is 4.44. The molecule has 0 aliphatic heterocycles. The molecule has 0 fully saturated rings. The Bertz CT molecular complexity index is 750. The summed E-state index contributed by atoms with van der Waals surface area (Å²) in [6.45, 7) is 0.0467. The van der Waals surface area contributed by atoms with Crippen molar-refractivity contribution in [2.45, 2.75) is 6.61 Å². The van der Waals surface area contributed by atoms with E-state index in [1.165, 1.54) is 0 Å². The van der Waals surface area contributed by atoms with Crippen LogP contribution >= 0.6 is 11.3 Å². The maximum Gasteiger partial charge on any atom is 0.255 e. The lowest BCUT2D eigenvalue weighted by Gasteiger charge is -2.05. The summed E-state index contributed by atoms with van der Waals surface area (Å²) in [7, 11) is 0. The number of hydrogen-bond acceptors (Lipinski definition) is 3. The van der Waals surface area contributed by atoms with Crippen molar-refractivity contribution in [1.82, 2.24) is 0 Å². The third-order valence-electron chi connectivity index (χ3n) is 3.02. The SMILES string of the molecule is O=C(Nc1ccc2sc(CO)cc2c1)c1ccccc1. The van der Waals surface area contributed by atoms with Crippen LogP contribution in [0.15, 0.2) is 54.6 Å². The summed E-state index contributed by atoms with van der Waals surface area (Å²) in [5, 5.41) is 13.1. The van der Waals surface area contributed by atoms with Crippen molar-refractivity contribution < 1.29 is 9.90 Å². The number of nitrogens with one attached hydrogen (secondary N) is 1. The molecule has 3 rings (SSSR count). The summed E-state index contributed by atoms with van der Waals surface area (Å²) in [5.41, 5.74) is 1.39. The Kier molecular flexibility index (Phi) is 3.50. The number of thiophene rings is 1. The number of aliphatic hydroxyl groups excluding tert-OH is 1. The summed E-state index contributed by atoms with van der Waals surface area (Å²) >= 11 is 1.56. The van der Waals surface area contributed by atoms with Crippen molar-refractivity contribution in [2.24, 2.45) is 0 Å². The fourth-order valence-corrected chi connectivity index (χ4v) is 2.95. The van der Waals surface area contributed by atoms with Crippen LogP contribution in [0.5, 0.6) is 0 Å². The van der Waals surface area contributed by atoms with Crippen molar-refractivity contribution in [3.8, 4) is 0 Å². The van der Waals surface area contributed by atoms with Crippen LogP contribution in [0, 0.1) is 0 Å². The minimum Gasteiger partial charge on any atom is -0.391 e. The van der Waals surface area contributed by atoms with Gasteiger partial charge in [-0.15, -0.1) is 11.3 Å². The number of rotatable bonds is 3. The fraction of sp³-hybridized carbons (Fsp3) is 0.0625. The average molecular weight is 283 g/mol. The number of fused-ring (bicyclic) bond motifs is 1. The molecule has 2 N–H and O–H groups in total. The predicted molar refractivity (Wildman–Crippen MR) is 82.1 cm³/mol. The smallest absolute Gasteiger partial charge is 0.255 e. The Morgan fingerprint density at radius 1 is 1.10 bits per heavy atom. The standard InChI is InChI=1S/C16H13NO2S/c18-10-14-9-12-8-13(6-7-15(12)20-14)17-16(19)11-4-2-1-3-5-11/h1-9,18H,10H2,(H,17,19). The molecule has 100 valence electrons. The van der Waals surface area contributed by atoms with E-state index in [2.05, 4.69) is 5.32 Å². The predicted octanol–water partition coefficient (Wildman–Crippen LogP) is 3.65. The second kappa shape index (κ2) is 5.45. The number of benzene rings is 2. The van der Waals surface area contributed by atoms with Gasteiger partial charge in [0.1, 0.15) is 0 Å². The van der Waals surface area contributed by atoms with E-state index in [4.69, 9.17) is 5.11 Å². The summed E-state index contributed by atoms with van der Waals surface area (Å²) < 4.78 is 1.10. The van der Waals surface area contributed by atoms with Crippen LogP contribution in [0.25, 0.3) is 10.1 Å². The van der Waals surface area contributed by atoms with Crippen LogP contribution in [0.3, 0.4) is 0 Å². The molecule has 4 heteroatoms. The lowest BCUT2D eigenvalue weighted by atomic mass is 10.2. The van der Waals surface area contributed by atoms with E-state index in [9.17, 15) is 4.79 Å².